The number of halogens is 2. The molecule has 0 bridgehead atoms. The summed E-state index contributed by atoms with van der Waals surface area (Å²) in [6.45, 7) is 5.85. The number of aryl methyl sites for hydroxylation is 2. The largest absolute Gasteiger partial charge is 0.497 e. The van der Waals surface area contributed by atoms with Gasteiger partial charge in [0.25, 0.3) is 0 Å². The Labute approximate surface area is 215 Å². The zero-order valence-corrected chi connectivity index (χ0v) is 21.8. The van der Waals surface area contributed by atoms with Gasteiger partial charge in [-0.05, 0) is 50.1 Å². The second-order valence-electron chi connectivity index (χ2n) is 8.29. The minimum absolute atomic E-state index is 0.482. The Bertz CT molecular complexity index is 1320. The third-order valence-corrected chi connectivity index (χ3v) is 6.52. The number of anilines is 1. The number of nitrogens with two attached hydrogens (primary N) is 1. The molecule has 2 N–H and O–H groups in total. The topological polar surface area (TPSA) is 77.9 Å². The van der Waals surface area contributed by atoms with Crippen molar-refractivity contribution in [3.63, 3.8) is 0 Å². The normalized spacial score (nSPS) is 11.2. The van der Waals surface area contributed by atoms with E-state index in [0.717, 1.165) is 41.5 Å². The van der Waals surface area contributed by atoms with Crippen molar-refractivity contribution in [3.8, 4) is 22.6 Å². The summed E-state index contributed by atoms with van der Waals surface area (Å²) in [4.78, 5) is 7.05. The molecule has 4 aromatic rings. The minimum atomic E-state index is 0.482. The number of methoxy groups -OCH3 is 2. The summed E-state index contributed by atoms with van der Waals surface area (Å²) in [6.07, 6.45) is 0.843. The lowest BCUT2D eigenvalue weighted by Crippen LogP contribution is -2.33. The van der Waals surface area contributed by atoms with Crippen molar-refractivity contribution >= 4 is 34.7 Å². The molecule has 2 aromatic heterocycles. The standard InChI is InChI=1S/C26H29Cl2N5O2/c1-16-13-23(32(12-10-29)11-9-18-5-7-19(34-3)8-6-18)33-26(30-16)24(17(2)31-33)25-21(27)14-20(35-4)15-22(25)28/h5-8,13-15H,9-12,29H2,1-4H3. The Morgan fingerprint density at radius 2 is 1.57 bits per heavy atom. The van der Waals surface area contributed by atoms with Crippen LogP contribution in [0.4, 0.5) is 5.82 Å². The second kappa shape index (κ2) is 10.7. The van der Waals surface area contributed by atoms with Gasteiger partial charge in [-0.3, -0.25) is 0 Å². The molecule has 35 heavy (non-hydrogen) atoms. The second-order valence-corrected chi connectivity index (χ2v) is 9.11. The first kappa shape index (κ1) is 25.1. The van der Waals surface area contributed by atoms with Crippen LogP contribution in [0.25, 0.3) is 16.8 Å². The minimum Gasteiger partial charge on any atom is -0.497 e. The van der Waals surface area contributed by atoms with E-state index >= 15 is 0 Å². The molecule has 7 nitrogen and oxygen atoms in total. The van der Waals surface area contributed by atoms with Crippen molar-refractivity contribution in [2.75, 3.05) is 38.8 Å². The van der Waals surface area contributed by atoms with E-state index in [1.165, 1.54) is 5.56 Å². The Kier molecular flexibility index (Phi) is 7.69. The number of fused-ring (bicyclic) bond motifs is 1. The van der Waals surface area contributed by atoms with Crippen molar-refractivity contribution in [2.45, 2.75) is 20.3 Å². The van der Waals surface area contributed by atoms with Crippen LogP contribution in [0.5, 0.6) is 11.5 Å². The molecule has 0 aliphatic heterocycles. The molecule has 0 spiro atoms. The maximum absolute atomic E-state index is 6.64. The van der Waals surface area contributed by atoms with Crippen LogP contribution in [-0.4, -0.2) is 48.5 Å². The fraction of sp³-hybridized carbons (Fsp3) is 0.308. The van der Waals surface area contributed by atoms with Crippen LogP contribution in [-0.2, 0) is 6.42 Å². The van der Waals surface area contributed by atoms with E-state index in [2.05, 4.69) is 17.0 Å². The molecule has 0 radical (unpaired) electrons. The van der Waals surface area contributed by atoms with Crippen LogP contribution in [0.15, 0.2) is 42.5 Å². The SMILES string of the molecule is COc1ccc(CCN(CCN)c2cc(C)nc3c(-c4c(Cl)cc(OC)cc4Cl)c(C)nn23)cc1. The highest BCUT2D eigenvalue weighted by Gasteiger charge is 2.23. The lowest BCUT2D eigenvalue weighted by molar-refractivity contribution is 0.414. The van der Waals surface area contributed by atoms with Gasteiger partial charge in [0.2, 0.25) is 0 Å². The third kappa shape index (κ3) is 5.17. The summed E-state index contributed by atoms with van der Waals surface area (Å²) in [5, 5.41) is 5.81. The van der Waals surface area contributed by atoms with Gasteiger partial charge < -0.3 is 20.1 Å². The fourth-order valence-electron chi connectivity index (χ4n) is 4.20. The molecule has 0 unspecified atom stereocenters. The van der Waals surface area contributed by atoms with Crippen molar-refractivity contribution in [2.24, 2.45) is 5.73 Å². The highest BCUT2D eigenvalue weighted by Crippen LogP contribution is 2.41. The van der Waals surface area contributed by atoms with Crippen LogP contribution in [0, 0.1) is 13.8 Å². The van der Waals surface area contributed by atoms with Crippen LogP contribution < -0.4 is 20.1 Å². The zero-order valence-electron chi connectivity index (χ0n) is 20.3. The van der Waals surface area contributed by atoms with Crippen LogP contribution in [0.3, 0.4) is 0 Å². The highest BCUT2D eigenvalue weighted by molar-refractivity contribution is 6.39. The number of hydrogen-bond donors (Lipinski definition) is 1. The molecule has 2 aromatic carbocycles. The van der Waals surface area contributed by atoms with E-state index in [-0.39, 0.29) is 0 Å². The van der Waals surface area contributed by atoms with E-state index in [4.69, 9.17) is 48.5 Å². The number of benzene rings is 2. The maximum atomic E-state index is 6.64. The molecule has 0 fully saturated rings. The molecule has 0 saturated heterocycles. The van der Waals surface area contributed by atoms with E-state index in [1.54, 1.807) is 26.4 Å². The molecule has 0 aliphatic rings. The van der Waals surface area contributed by atoms with Crippen LogP contribution >= 0.6 is 23.2 Å². The first-order valence-electron chi connectivity index (χ1n) is 11.3. The van der Waals surface area contributed by atoms with Crippen molar-refractivity contribution < 1.29 is 9.47 Å². The quantitative estimate of drug-likeness (QED) is 0.325. The predicted molar refractivity (Wildman–Crippen MR) is 142 cm³/mol. The summed E-state index contributed by atoms with van der Waals surface area (Å²) in [6, 6.07) is 13.6. The Morgan fingerprint density at radius 1 is 0.914 bits per heavy atom. The van der Waals surface area contributed by atoms with Gasteiger partial charge in [0.05, 0.1) is 35.5 Å². The Hall–Kier alpha value is -3.00. The number of rotatable bonds is 9. The van der Waals surface area contributed by atoms with E-state index in [9.17, 15) is 0 Å². The number of nitrogens with zero attached hydrogens (tertiary/aromatic N) is 4. The molecule has 2 heterocycles. The van der Waals surface area contributed by atoms with Crippen LogP contribution in [0.2, 0.25) is 10.0 Å². The van der Waals surface area contributed by atoms with Crippen molar-refractivity contribution in [1.29, 1.82) is 0 Å². The molecular weight excluding hydrogens is 485 g/mol. The van der Waals surface area contributed by atoms with E-state index in [1.807, 2.05) is 36.6 Å². The van der Waals surface area contributed by atoms with Gasteiger partial charge in [0.1, 0.15) is 17.3 Å². The lowest BCUT2D eigenvalue weighted by atomic mass is 10.1. The molecule has 0 aliphatic carbocycles. The van der Waals surface area contributed by atoms with Crippen molar-refractivity contribution in [1.82, 2.24) is 14.6 Å². The van der Waals surface area contributed by atoms with Gasteiger partial charge in [-0.25, -0.2) is 4.98 Å². The fourth-order valence-corrected chi connectivity index (χ4v) is 4.86. The first-order valence-corrected chi connectivity index (χ1v) is 12.1. The predicted octanol–water partition coefficient (Wildman–Crippen LogP) is 5.34. The Morgan fingerprint density at radius 3 is 2.17 bits per heavy atom. The van der Waals surface area contributed by atoms with Gasteiger partial charge in [0, 0.05) is 37.0 Å². The average Bonchev–Trinajstić information content (AvgIpc) is 3.16. The van der Waals surface area contributed by atoms with Gasteiger partial charge in [-0.2, -0.15) is 9.61 Å². The van der Waals surface area contributed by atoms with Crippen molar-refractivity contribution in [3.05, 3.63) is 69.5 Å². The number of ether oxygens (including phenoxy) is 2. The monoisotopic (exact) mass is 513 g/mol. The van der Waals surface area contributed by atoms with Gasteiger partial charge >= 0.3 is 0 Å². The summed E-state index contributed by atoms with van der Waals surface area (Å²) in [7, 11) is 3.25. The lowest BCUT2D eigenvalue weighted by Gasteiger charge is -2.25. The Balaban J connectivity index is 1.77. The molecule has 0 atom stereocenters. The highest BCUT2D eigenvalue weighted by atomic mass is 35.5. The molecule has 0 amide bonds. The number of hydrogen-bond acceptors (Lipinski definition) is 6. The average molecular weight is 514 g/mol. The van der Waals surface area contributed by atoms with Gasteiger partial charge in [0.15, 0.2) is 5.65 Å². The summed E-state index contributed by atoms with van der Waals surface area (Å²) >= 11 is 13.3. The third-order valence-electron chi connectivity index (χ3n) is 5.93. The van der Waals surface area contributed by atoms with E-state index in [0.29, 0.717) is 40.1 Å². The summed E-state index contributed by atoms with van der Waals surface area (Å²) in [5.41, 5.74) is 11.0. The van der Waals surface area contributed by atoms with Crippen LogP contribution in [0.1, 0.15) is 17.0 Å². The molecule has 0 saturated carbocycles. The molecule has 184 valence electrons. The summed E-state index contributed by atoms with van der Waals surface area (Å²) < 4.78 is 12.4. The molecule has 9 heteroatoms. The van der Waals surface area contributed by atoms with E-state index < -0.39 is 0 Å². The zero-order chi connectivity index (χ0) is 25.1. The molecular formula is C26H29Cl2N5O2. The van der Waals surface area contributed by atoms with Gasteiger partial charge in [-0.1, -0.05) is 35.3 Å². The smallest absolute Gasteiger partial charge is 0.165 e. The maximum Gasteiger partial charge on any atom is 0.165 e. The van der Waals surface area contributed by atoms with Gasteiger partial charge in [-0.15, -0.1) is 0 Å². The number of aromatic nitrogens is 3. The first-order chi connectivity index (χ1) is 16.9. The molecule has 4 rings (SSSR count). The summed E-state index contributed by atoms with van der Waals surface area (Å²) in [5.74, 6) is 2.35.